The van der Waals surface area contributed by atoms with Crippen molar-refractivity contribution in [3.8, 4) is 0 Å². The predicted octanol–water partition coefficient (Wildman–Crippen LogP) is 10.2. The minimum Gasteiger partial charge on any atom is -0.165 e. The molecule has 0 spiro atoms. The van der Waals surface area contributed by atoms with Gasteiger partial charge in [-0.05, 0) is 37.5 Å². The number of hydrogen-bond acceptors (Lipinski definition) is 0. The Morgan fingerprint density at radius 1 is 0.824 bits per heavy atom. The molecular formula is C30H35Cl2HfSi-2. The predicted molar refractivity (Wildman–Crippen MR) is 150 cm³/mol. The molecule has 2 saturated carbocycles. The molecule has 0 saturated heterocycles. The largest absolute Gasteiger partial charge is 0.165 e. The second kappa shape index (κ2) is 12.5. The Labute approximate surface area is 221 Å². The van der Waals surface area contributed by atoms with E-state index in [2.05, 4.69) is 81.4 Å². The number of aryl methyl sites for hydroxylation is 2. The molecule has 0 unspecified atom stereocenters. The van der Waals surface area contributed by atoms with Crippen molar-refractivity contribution in [1.82, 2.24) is 0 Å². The van der Waals surface area contributed by atoms with Gasteiger partial charge in [0.05, 0.1) is 0 Å². The second-order valence-corrected chi connectivity index (χ2v) is 33.4. The van der Waals surface area contributed by atoms with Crippen LogP contribution >= 0.6 is 17.2 Å². The number of rotatable bonds is 5. The molecule has 0 nitrogen and oxygen atoms in total. The number of hydrogen-bond donors (Lipinski definition) is 0. The number of halogens is 2. The first-order chi connectivity index (χ1) is 16.5. The molecule has 4 heteroatoms. The molecule has 0 heterocycles. The van der Waals surface area contributed by atoms with E-state index < -0.39 is 17.7 Å². The molecule has 0 atom stereocenters. The first-order valence-corrected chi connectivity index (χ1v) is 28.2. The van der Waals surface area contributed by atoms with Gasteiger partial charge in [-0.25, -0.2) is 0 Å². The standard InChI is InChI=1S/2C13H13.C4H9Si.2ClH.Hf/c2*1-9-7-11-3-2-4-12(10-5-6-10)13(11)8-9;1-2-3-4-5;;;/h2*2-4,7-8,10H,5-6H2,1H3;2-4H2,1H3;2*1H;/q2*-1;;;;+2/p-2. The van der Waals surface area contributed by atoms with Gasteiger partial charge < -0.3 is 0 Å². The van der Waals surface area contributed by atoms with Crippen LogP contribution < -0.4 is 0 Å². The zero-order valence-electron chi connectivity index (χ0n) is 20.6. The molecule has 34 heavy (non-hydrogen) atoms. The zero-order valence-corrected chi connectivity index (χ0v) is 26.7. The fraction of sp³-hybridized carbons (Fsp3) is 0.400. The van der Waals surface area contributed by atoms with E-state index in [9.17, 15) is 0 Å². The molecule has 4 aromatic rings. The monoisotopic (exact) mass is 673 g/mol. The molecule has 0 aromatic heterocycles. The van der Waals surface area contributed by atoms with Crippen molar-refractivity contribution < 1.29 is 17.7 Å². The van der Waals surface area contributed by atoms with Gasteiger partial charge >= 0.3 is 66.9 Å². The Morgan fingerprint density at radius 3 is 1.68 bits per heavy atom. The van der Waals surface area contributed by atoms with Crippen molar-refractivity contribution in [2.24, 2.45) is 0 Å². The van der Waals surface area contributed by atoms with Gasteiger partial charge in [0.25, 0.3) is 0 Å². The summed E-state index contributed by atoms with van der Waals surface area (Å²) >= 11 is -1.82. The summed E-state index contributed by atoms with van der Waals surface area (Å²) in [5.74, 6) is 1.73. The van der Waals surface area contributed by atoms with Crippen molar-refractivity contribution in [3.63, 3.8) is 0 Å². The third-order valence-corrected chi connectivity index (χ3v) is 19.7. The summed E-state index contributed by atoms with van der Waals surface area (Å²) in [5.41, 5.74) is 5.93. The normalized spacial score (nSPS) is 14.9. The summed E-state index contributed by atoms with van der Waals surface area (Å²) in [6, 6.07) is 23.9. The minimum atomic E-state index is -1.82. The number of fused-ring (bicyclic) bond motifs is 2. The van der Waals surface area contributed by atoms with Gasteiger partial charge in [-0.1, -0.05) is 37.1 Å². The molecule has 6 rings (SSSR count). The molecule has 2 fully saturated rings. The SMILES string of the molecule is CCCC[Si]=[Hf]([Cl])[Cl].Cc1cc2c(C3CC3)cccc2[cH-]1.Cc1cc2c(C3CC3)cccc2[cH-]1. The van der Waals surface area contributed by atoms with Gasteiger partial charge in [0.15, 0.2) is 0 Å². The maximum Gasteiger partial charge on any atom is -0.0251 e. The van der Waals surface area contributed by atoms with Crippen LogP contribution in [0.1, 0.15) is 79.5 Å². The molecule has 0 N–H and O–H groups in total. The summed E-state index contributed by atoms with van der Waals surface area (Å²) in [7, 11) is 11.4. The van der Waals surface area contributed by atoms with Crippen molar-refractivity contribution in [3.05, 3.63) is 82.9 Å². The smallest absolute Gasteiger partial charge is 0.0251 e. The average molecular weight is 673 g/mol. The van der Waals surface area contributed by atoms with Gasteiger partial charge in [0, 0.05) is 0 Å². The maximum absolute atomic E-state index is 5.70. The van der Waals surface area contributed by atoms with E-state index in [4.69, 9.17) is 17.2 Å². The van der Waals surface area contributed by atoms with Crippen molar-refractivity contribution in [1.29, 1.82) is 0 Å². The molecule has 4 aromatic carbocycles. The minimum absolute atomic E-state index is 0.866. The summed E-state index contributed by atoms with van der Waals surface area (Å²) in [6.07, 6.45) is 9.10. The maximum atomic E-state index is 5.70. The van der Waals surface area contributed by atoms with Crippen molar-refractivity contribution in [2.45, 2.75) is 77.2 Å². The van der Waals surface area contributed by atoms with Crippen LogP contribution in [0.5, 0.6) is 0 Å². The van der Waals surface area contributed by atoms with Gasteiger partial charge in [0.2, 0.25) is 0 Å². The Bertz CT molecular complexity index is 1170. The first kappa shape index (κ1) is 26.4. The van der Waals surface area contributed by atoms with E-state index in [-0.39, 0.29) is 0 Å². The summed E-state index contributed by atoms with van der Waals surface area (Å²) in [6.45, 7) is 6.55. The average Bonchev–Trinajstić information content (AvgIpc) is 3.73. The van der Waals surface area contributed by atoms with E-state index in [0.717, 1.165) is 18.1 Å². The molecular weight excluding hydrogens is 638 g/mol. The van der Waals surface area contributed by atoms with E-state index in [1.54, 1.807) is 11.1 Å². The topological polar surface area (TPSA) is 0 Å². The van der Waals surface area contributed by atoms with Gasteiger partial charge in [-0.2, -0.15) is 12.1 Å². The van der Waals surface area contributed by atoms with Crippen molar-refractivity contribution in [2.75, 3.05) is 0 Å². The van der Waals surface area contributed by atoms with Gasteiger partial charge in [0.1, 0.15) is 0 Å². The van der Waals surface area contributed by atoms with Crippen LogP contribution in [0, 0.1) is 13.8 Å². The molecule has 2 aliphatic rings. The Hall–Kier alpha value is -0.673. The van der Waals surface area contributed by atoms with Crippen LogP contribution in [0.25, 0.3) is 21.5 Å². The fourth-order valence-electron chi connectivity index (χ4n) is 4.68. The summed E-state index contributed by atoms with van der Waals surface area (Å²) < 4.78 is 0. The molecule has 179 valence electrons. The molecule has 0 bridgehead atoms. The van der Waals surface area contributed by atoms with Gasteiger partial charge in [-0.3, -0.25) is 0 Å². The van der Waals surface area contributed by atoms with Crippen molar-refractivity contribution >= 4 is 44.9 Å². The summed E-state index contributed by atoms with van der Waals surface area (Å²) in [5, 5.41) is 5.81. The van der Waals surface area contributed by atoms with Crippen LogP contribution in [0.3, 0.4) is 0 Å². The molecule has 1 radical (unpaired) electrons. The van der Waals surface area contributed by atoms with Crippen LogP contribution in [0.2, 0.25) is 6.04 Å². The molecule has 0 amide bonds. The Morgan fingerprint density at radius 2 is 1.29 bits per heavy atom. The Kier molecular flexibility index (Phi) is 9.72. The Balaban J connectivity index is 0.000000126. The third kappa shape index (κ3) is 7.42. The fourth-order valence-corrected chi connectivity index (χ4v) is 14.0. The van der Waals surface area contributed by atoms with Crippen LogP contribution in [0.4, 0.5) is 0 Å². The van der Waals surface area contributed by atoms with E-state index in [1.165, 1.54) is 77.2 Å². The third-order valence-electron chi connectivity index (χ3n) is 6.68. The molecule has 2 aliphatic carbocycles. The molecule has 0 aliphatic heterocycles. The second-order valence-electron chi connectivity index (χ2n) is 9.85. The van der Waals surface area contributed by atoms with Crippen LogP contribution in [-0.4, -0.2) is 6.22 Å². The quantitative estimate of drug-likeness (QED) is 0.112. The summed E-state index contributed by atoms with van der Waals surface area (Å²) in [4.78, 5) is 0. The van der Waals surface area contributed by atoms with E-state index in [1.807, 2.05) is 0 Å². The number of benzene rings is 2. The van der Waals surface area contributed by atoms with Crippen LogP contribution in [-0.2, 0) is 17.7 Å². The van der Waals surface area contributed by atoms with Crippen LogP contribution in [0.15, 0.2) is 60.7 Å². The van der Waals surface area contributed by atoms with E-state index in [0.29, 0.717) is 0 Å². The number of unbranched alkanes of at least 4 members (excludes halogenated alkanes) is 1. The first-order valence-electron chi connectivity index (χ1n) is 12.7. The van der Waals surface area contributed by atoms with Gasteiger partial charge in [-0.15, -0.1) is 69.1 Å². The van der Waals surface area contributed by atoms with E-state index >= 15 is 0 Å². The zero-order chi connectivity index (χ0) is 24.1.